The van der Waals surface area contributed by atoms with Gasteiger partial charge in [-0.25, -0.2) is 0 Å². The molecule has 21 heavy (non-hydrogen) atoms. The molecule has 0 fully saturated rings. The molecule has 0 aromatic rings. The average molecular weight is 327 g/mol. The number of hydrogen-bond acceptors (Lipinski definition) is 4. The summed E-state index contributed by atoms with van der Waals surface area (Å²) < 4.78 is 29.4. The zero-order valence-corrected chi connectivity index (χ0v) is 16.1. The summed E-state index contributed by atoms with van der Waals surface area (Å²) in [6.45, 7) is 2.48. The van der Waals surface area contributed by atoms with Crippen molar-refractivity contribution < 1.29 is 47.6 Å². The molecule has 0 amide bonds. The van der Waals surface area contributed by atoms with E-state index in [9.17, 15) is 13.5 Å². The van der Waals surface area contributed by atoms with Crippen LogP contribution in [0.5, 0.6) is 0 Å². The van der Waals surface area contributed by atoms with E-state index in [1.54, 1.807) is 0 Å². The van der Waals surface area contributed by atoms with E-state index in [2.05, 4.69) is 11.9 Å². The van der Waals surface area contributed by atoms with Gasteiger partial charge in [0.15, 0.2) is 0 Å². The molecule has 1 N–H and O–H groups in total. The normalized spacial score (nSPS) is 12.6. The molecule has 0 spiro atoms. The van der Waals surface area contributed by atoms with Gasteiger partial charge < -0.3 is 10.1 Å². The number of nitrogens with zero attached hydrogens (tertiary/aromatic N) is 1. The molecule has 0 saturated carbocycles. The standard InChI is InChI=1S/C14H27NO4S.Na/c1-2-3-4-5-6-7-8-11-14(16)15-12-9-10-13-20(17,18)19;/h8,11H,2-7,9-10,12-13H2,1H3,(H,15,16)(H,17,18,19);/q;+1/p-1/b11-8+;. The molecule has 0 atom stereocenters. The van der Waals surface area contributed by atoms with Crippen molar-refractivity contribution in [1.29, 1.82) is 0 Å². The van der Waals surface area contributed by atoms with Crippen LogP contribution in [-0.4, -0.2) is 31.2 Å². The topological polar surface area (TPSA) is 89.8 Å². The van der Waals surface area contributed by atoms with Gasteiger partial charge in [-0.1, -0.05) is 44.8 Å². The summed E-state index contributed by atoms with van der Waals surface area (Å²) in [7, 11) is -3.89. The number of unbranched alkanes of at least 4 members (excludes halogenated alkanes) is 6. The molecule has 0 heterocycles. The fraction of sp³-hybridized carbons (Fsp3) is 0.786. The van der Waals surface area contributed by atoms with Gasteiger partial charge in [0.25, 0.3) is 10.1 Å². The Hall–Kier alpha value is 0.120. The van der Waals surface area contributed by atoms with Crippen LogP contribution < -0.4 is 34.7 Å². The Bertz CT molecular complexity index is 394. The first-order valence-electron chi connectivity index (χ1n) is 7.29. The summed E-state index contributed by atoms with van der Waals surface area (Å²) in [5.41, 5.74) is 0. The van der Waals surface area contributed by atoms with Crippen LogP contribution in [0.1, 0.15) is 58.3 Å². The monoisotopic (exact) mass is 327 g/mol. The van der Waals surface area contributed by atoms with Crippen LogP contribution >= 0.6 is 0 Å². The summed E-state index contributed by atoms with van der Waals surface area (Å²) >= 11 is 0. The summed E-state index contributed by atoms with van der Waals surface area (Å²) in [4.78, 5) is 3.79. The second kappa shape index (κ2) is 15.0. The summed E-state index contributed by atoms with van der Waals surface area (Å²) in [5, 5.41) is 11.3. The van der Waals surface area contributed by atoms with E-state index in [0.717, 1.165) is 12.8 Å². The van der Waals surface area contributed by atoms with Crippen molar-refractivity contribution in [2.24, 2.45) is 4.99 Å². The minimum atomic E-state index is -3.89. The molecular formula is C14H26NNaO4S. The molecule has 5 nitrogen and oxygen atoms in total. The molecule has 0 radical (unpaired) electrons. The number of rotatable bonds is 12. The maximum atomic E-state index is 11.3. The van der Waals surface area contributed by atoms with Gasteiger partial charge in [0.05, 0.1) is 5.75 Å². The molecule has 0 unspecified atom stereocenters. The van der Waals surface area contributed by atoms with Gasteiger partial charge in [0.1, 0.15) is 0 Å². The second-order valence-corrected chi connectivity index (χ2v) is 6.39. The van der Waals surface area contributed by atoms with E-state index in [0.29, 0.717) is 19.4 Å². The summed E-state index contributed by atoms with van der Waals surface area (Å²) in [5.74, 6) is -0.546. The zero-order valence-electron chi connectivity index (χ0n) is 13.3. The van der Waals surface area contributed by atoms with E-state index in [4.69, 9.17) is 4.55 Å². The van der Waals surface area contributed by atoms with Crippen molar-refractivity contribution >= 4 is 16.0 Å². The van der Waals surface area contributed by atoms with Crippen molar-refractivity contribution in [1.82, 2.24) is 0 Å². The SMILES string of the molecule is CCCCCCC/C=C/C([O-])=NCCCCS(=O)(=O)O.[Na+]. The zero-order chi connectivity index (χ0) is 15.3. The minimum Gasteiger partial charge on any atom is -0.859 e. The van der Waals surface area contributed by atoms with E-state index >= 15 is 0 Å². The van der Waals surface area contributed by atoms with Gasteiger partial charge in [-0.15, -0.1) is 0 Å². The molecule has 118 valence electrons. The maximum Gasteiger partial charge on any atom is 1.00 e. The van der Waals surface area contributed by atoms with Gasteiger partial charge in [-0.3, -0.25) is 4.55 Å². The maximum absolute atomic E-state index is 11.3. The van der Waals surface area contributed by atoms with Crippen LogP contribution in [-0.2, 0) is 10.1 Å². The van der Waals surface area contributed by atoms with Gasteiger partial charge >= 0.3 is 29.6 Å². The first kappa shape index (κ1) is 23.4. The van der Waals surface area contributed by atoms with Gasteiger partial charge in [-0.2, -0.15) is 8.42 Å². The third kappa shape index (κ3) is 20.1. The van der Waals surface area contributed by atoms with E-state index in [1.807, 2.05) is 6.08 Å². The number of hydrogen-bond donors (Lipinski definition) is 1. The Morgan fingerprint density at radius 3 is 2.43 bits per heavy atom. The Kier molecular flexibility index (Phi) is 16.7. The van der Waals surface area contributed by atoms with Gasteiger partial charge in [-0.05, 0) is 31.6 Å². The smallest absolute Gasteiger partial charge is 0.859 e. The van der Waals surface area contributed by atoms with E-state index < -0.39 is 10.1 Å². The van der Waals surface area contributed by atoms with Crippen LogP contribution in [0.4, 0.5) is 0 Å². The fourth-order valence-corrected chi connectivity index (χ4v) is 2.26. The summed E-state index contributed by atoms with van der Waals surface area (Å²) in [6, 6.07) is 0. The molecular weight excluding hydrogens is 301 g/mol. The van der Waals surface area contributed by atoms with Crippen LogP contribution in [0.15, 0.2) is 17.1 Å². The Morgan fingerprint density at radius 2 is 1.81 bits per heavy atom. The number of allylic oxidation sites excluding steroid dienone is 1. The molecule has 0 aromatic carbocycles. The average Bonchev–Trinajstić information content (AvgIpc) is 2.36. The van der Waals surface area contributed by atoms with Crippen molar-refractivity contribution in [2.45, 2.75) is 58.3 Å². The quantitative estimate of drug-likeness (QED) is 0.169. The molecule has 0 bridgehead atoms. The van der Waals surface area contributed by atoms with Gasteiger partial charge in [0.2, 0.25) is 0 Å². The predicted molar refractivity (Wildman–Crippen MR) is 80.5 cm³/mol. The van der Waals surface area contributed by atoms with E-state index in [-0.39, 0.29) is 41.2 Å². The fourth-order valence-electron chi connectivity index (χ4n) is 1.69. The minimum absolute atomic E-state index is 0. The molecule has 7 heteroatoms. The third-order valence-corrected chi connectivity index (χ3v) is 3.62. The first-order valence-corrected chi connectivity index (χ1v) is 8.90. The molecule has 0 rings (SSSR count). The summed E-state index contributed by atoms with van der Waals surface area (Å²) in [6.07, 6.45) is 11.0. The Balaban J connectivity index is 0. The Labute approximate surface area is 151 Å². The van der Waals surface area contributed by atoms with Crippen molar-refractivity contribution in [3.8, 4) is 0 Å². The van der Waals surface area contributed by atoms with Crippen LogP contribution in [0.25, 0.3) is 0 Å². The first-order chi connectivity index (χ1) is 9.45. The van der Waals surface area contributed by atoms with Gasteiger partial charge in [0, 0.05) is 6.54 Å². The molecule has 0 aromatic heterocycles. The Morgan fingerprint density at radius 1 is 1.14 bits per heavy atom. The number of aliphatic imine (C=N–C) groups is 1. The van der Waals surface area contributed by atoms with Crippen LogP contribution in [0, 0.1) is 0 Å². The van der Waals surface area contributed by atoms with E-state index in [1.165, 1.54) is 31.8 Å². The van der Waals surface area contributed by atoms with Crippen LogP contribution in [0.2, 0.25) is 0 Å². The molecule has 0 aliphatic heterocycles. The van der Waals surface area contributed by atoms with Crippen LogP contribution in [0.3, 0.4) is 0 Å². The molecule has 0 saturated heterocycles. The molecule has 0 aliphatic carbocycles. The largest absolute Gasteiger partial charge is 1.00 e. The van der Waals surface area contributed by atoms with Crippen molar-refractivity contribution in [2.75, 3.05) is 12.3 Å². The third-order valence-electron chi connectivity index (χ3n) is 2.81. The van der Waals surface area contributed by atoms with Crippen molar-refractivity contribution in [3.05, 3.63) is 12.2 Å². The second-order valence-electron chi connectivity index (χ2n) is 4.82. The molecule has 0 aliphatic rings. The predicted octanol–water partition coefficient (Wildman–Crippen LogP) is -0.666. The van der Waals surface area contributed by atoms with Crippen molar-refractivity contribution in [3.63, 3.8) is 0 Å².